The Hall–Kier alpha value is -3.51. The summed E-state index contributed by atoms with van der Waals surface area (Å²) in [6.45, 7) is 3.46. The molecule has 4 rings (SSSR count). The summed E-state index contributed by atoms with van der Waals surface area (Å²) >= 11 is 0. The molecule has 2 heterocycles. The van der Waals surface area contributed by atoms with Crippen LogP contribution in [0.5, 0.6) is 5.75 Å². The number of ether oxygens (including phenoxy) is 1. The van der Waals surface area contributed by atoms with E-state index in [9.17, 15) is 14.0 Å². The van der Waals surface area contributed by atoms with Gasteiger partial charge in [0.05, 0.1) is 11.4 Å². The third-order valence-corrected chi connectivity index (χ3v) is 5.40. The molecule has 1 unspecified atom stereocenters. The zero-order valence-electron chi connectivity index (χ0n) is 17.7. The number of benzene rings is 2. The molecule has 7 nitrogen and oxygen atoms in total. The largest absolute Gasteiger partial charge is 0.485 e. The third-order valence-electron chi connectivity index (χ3n) is 5.04. The second-order valence-electron chi connectivity index (χ2n) is 7.45. The second-order valence-corrected chi connectivity index (χ2v) is 8.12. The molecule has 0 saturated carbocycles. The summed E-state index contributed by atoms with van der Waals surface area (Å²) in [6.07, 6.45) is 1.43. The Morgan fingerprint density at radius 1 is 1.22 bits per heavy atom. The predicted octanol–water partition coefficient (Wildman–Crippen LogP) is 3.04. The maximum absolute atomic E-state index is 14.4. The molecule has 0 saturated heterocycles. The molecule has 0 bridgehead atoms. The molecular weight excluding hydrogens is 430 g/mol. The van der Waals surface area contributed by atoms with Gasteiger partial charge in [-0.15, -0.1) is 9.24 Å². The molecule has 0 fully saturated rings. The molecular formula is C23H20FN4O3P. The van der Waals surface area contributed by atoms with E-state index in [4.69, 9.17) is 4.74 Å². The number of hydrogen-bond donors (Lipinski definition) is 0. The Kier molecular flexibility index (Phi) is 5.80. The molecule has 2 aromatic carbocycles. The normalized spacial score (nSPS) is 14.7. The van der Waals surface area contributed by atoms with E-state index < -0.39 is 17.6 Å². The number of nitrogens with zero attached hydrogens (tertiary/aromatic N) is 4. The van der Waals surface area contributed by atoms with Gasteiger partial charge < -0.3 is 9.64 Å². The average molecular weight is 450 g/mol. The Balaban J connectivity index is 1.68. The third kappa shape index (κ3) is 4.14. The van der Waals surface area contributed by atoms with Crippen molar-refractivity contribution in [2.45, 2.75) is 13.8 Å². The van der Waals surface area contributed by atoms with Gasteiger partial charge in [-0.2, -0.15) is 0 Å². The van der Waals surface area contributed by atoms with E-state index in [0.717, 1.165) is 10.9 Å². The van der Waals surface area contributed by atoms with Crippen molar-refractivity contribution in [1.29, 1.82) is 0 Å². The van der Waals surface area contributed by atoms with Gasteiger partial charge >= 0.3 is 5.91 Å². The minimum atomic E-state index is -0.809. The molecule has 32 heavy (non-hydrogen) atoms. The van der Waals surface area contributed by atoms with Gasteiger partial charge in [0.15, 0.2) is 0 Å². The van der Waals surface area contributed by atoms with Crippen LogP contribution in [0.3, 0.4) is 0 Å². The van der Waals surface area contributed by atoms with Crippen molar-refractivity contribution in [2.75, 3.05) is 18.6 Å². The lowest BCUT2D eigenvalue weighted by Gasteiger charge is -2.16. The molecule has 1 aromatic heterocycles. The number of hydrogen-bond acceptors (Lipinski definition) is 5. The monoisotopic (exact) mass is 450 g/mol. The maximum Gasteiger partial charge on any atom is 0.315 e. The lowest BCUT2D eigenvalue weighted by molar-refractivity contribution is -0.112. The van der Waals surface area contributed by atoms with Gasteiger partial charge in [0.2, 0.25) is 5.82 Å². The standard InChI is InChI=1S/C23H20FN4O3P/c1-12-4-7-18-19(8-12)31-11-17(23(30)28(18)3)26-22(29)21-25-10-13(2)20(27-21)15-9-14(32)5-6-16(15)24/h4-10H,11,32H2,1-3H3/b26-17+. The Bertz CT molecular complexity index is 1290. The summed E-state index contributed by atoms with van der Waals surface area (Å²) in [6, 6.07) is 10.0. The minimum Gasteiger partial charge on any atom is -0.485 e. The van der Waals surface area contributed by atoms with E-state index in [1.165, 1.54) is 17.2 Å². The highest BCUT2D eigenvalue weighted by atomic mass is 31.0. The van der Waals surface area contributed by atoms with Crippen LogP contribution < -0.4 is 14.9 Å². The first-order chi connectivity index (χ1) is 15.2. The van der Waals surface area contributed by atoms with Crippen molar-refractivity contribution in [1.82, 2.24) is 9.97 Å². The van der Waals surface area contributed by atoms with Gasteiger partial charge in [0.25, 0.3) is 5.91 Å². The lowest BCUT2D eigenvalue weighted by Crippen LogP contribution is -2.34. The average Bonchev–Trinajstić information content (AvgIpc) is 2.87. The fourth-order valence-electron chi connectivity index (χ4n) is 3.32. The van der Waals surface area contributed by atoms with Crippen LogP contribution in [0, 0.1) is 19.7 Å². The zero-order chi connectivity index (χ0) is 23.0. The molecule has 2 amide bonds. The molecule has 1 aliphatic rings. The number of anilines is 1. The number of aliphatic imine (C=N–C) groups is 1. The van der Waals surface area contributed by atoms with E-state index in [1.54, 1.807) is 32.2 Å². The number of aromatic nitrogens is 2. The van der Waals surface area contributed by atoms with E-state index in [-0.39, 0.29) is 29.4 Å². The summed E-state index contributed by atoms with van der Waals surface area (Å²) in [5.41, 5.74) is 2.62. The van der Waals surface area contributed by atoms with Gasteiger partial charge in [0, 0.05) is 18.8 Å². The Morgan fingerprint density at radius 3 is 2.78 bits per heavy atom. The first-order valence-corrected chi connectivity index (χ1v) is 10.3. The van der Waals surface area contributed by atoms with Crippen LogP contribution in [0.25, 0.3) is 11.3 Å². The van der Waals surface area contributed by atoms with Crippen molar-refractivity contribution in [2.24, 2.45) is 4.99 Å². The smallest absolute Gasteiger partial charge is 0.315 e. The summed E-state index contributed by atoms with van der Waals surface area (Å²) in [5.74, 6) is -1.45. The van der Waals surface area contributed by atoms with Crippen molar-refractivity contribution in [3.8, 4) is 17.0 Å². The van der Waals surface area contributed by atoms with E-state index in [1.807, 2.05) is 19.1 Å². The quantitative estimate of drug-likeness (QED) is 0.561. The van der Waals surface area contributed by atoms with Gasteiger partial charge in [-0.25, -0.2) is 19.4 Å². The van der Waals surface area contributed by atoms with Gasteiger partial charge in [-0.3, -0.25) is 9.59 Å². The van der Waals surface area contributed by atoms with Crippen LogP contribution in [0.15, 0.2) is 47.6 Å². The summed E-state index contributed by atoms with van der Waals surface area (Å²) in [5, 5.41) is 0.770. The number of carbonyl (C=O) groups excluding carboxylic acids is 2. The van der Waals surface area contributed by atoms with E-state index >= 15 is 0 Å². The molecule has 1 atom stereocenters. The van der Waals surface area contributed by atoms with Crippen molar-refractivity contribution in [3.05, 3.63) is 65.4 Å². The minimum absolute atomic E-state index is 0.0739. The van der Waals surface area contributed by atoms with Gasteiger partial charge in [0.1, 0.15) is 23.9 Å². The second kappa shape index (κ2) is 8.55. The van der Waals surface area contributed by atoms with Crippen molar-refractivity contribution in [3.63, 3.8) is 0 Å². The number of fused-ring (bicyclic) bond motifs is 1. The van der Waals surface area contributed by atoms with Crippen LogP contribution >= 0.6 is 9.24 Å². The van der Waals surface area contributed by atoms with Crippen LogP contribution in [0.4, 0.5) is 10.1 Å². The Labute approximate surface area is 186 Å². The van der Waals surface area contributed by atoms with Gasteiger partial charge in [-0.05, 0) is 54.5 Å². The topological polar surface area (TPSA) is 84.7 Å². The summed E-state index contributed by atoms with van der Waals surface area (Å²) in [4.78, 5) is 39.3. The fourth-order valence-corrected chi connectivity index (χ4v) is 3.58. The molecule has 1 aliphatic heterocycles. The zero-order valence-corrected chi connectivity index (χ0v) is 18.9. The van der Waals surface area contributed by atoms with Crippen LogP contribution in [-0.2, 0) is 4.79 Å². The molecule has 0 aliphatic carbocycles. The predicted molar refractivity (Wildman–Crippen MR) is 123 cm³/mol. The van der Waals surface area contributed by atoms with Gasteiger partial charge in [-0.1, -0.05) is 12.1 Å². The number of amides is 2. The maximum atomic E-state index is 14.4. The SMILES string of the molecule is Cc1ccc2c(c1)OC/C(=N\C(=O)c1ncc(C)c(-c3cc(P)ccc3F)n1)C(=O)N2C. The molecule has 0 N–H and O–H groups in total. The Morgan fingerprint density at radius 2 is 2.00 bits per heavy atom. The number of halogens is 1. The highest BCUT2D eigenvalue weighted by Gasteiger charge is 2.27. The molecule has 9 heteroatoms. The molecule has 3 aromatic rings. The van der Waals surface area contributed by atoms with Crippen molar-refractivity contribution < 1.29 is 18.7 Å². The number of rotatable bonds is 2. The fraction of sp³-hybridized carbons (Fsp3) is 0.174. The van der Waals surface area contributed by atoms with E-state index in [0.29, 0.717) is 17.0 Å². The summed E-state index contributed by atoms with van der Waals surface area (Å²) in [7, 11) is 4.08. The summed E-state index contributed by atoms with van der Waals surface area (Å²) < 4.78 is 20.1. The van der Waals surface area contributed by atoms with Crippen LogP contribution in [0.1, 0.15) is 21.7 Å². The number of aryl methyl sites for hydroxylation is 2. The molecule has 0 spiro atoms. The van der Waals surface area contributed by atoms with Crippen LogP contribution in [-0.4, -0.2) is 41.1 Å². The lowest BCUT2D eigenvalue weighted by atomic mass is 10.1. The van der Waals surface area contributed by atoms with Crippen LogP contribution in [0.2, 0.25) is 0 Å². The van der Waals surface area contributed by atoms with E-state index in [2.05, 4.69) is 24.2 Å². The highest BCUT2D eigenvalue weighted by molar-refractivity contribution is 7.27. The molecule has 162 valence electrons. The highest BCUT2D eigenvalue weighted by Crippen LogP contribution is 2.31. The van der Waals surface area contributed by atoms with Crippen molar-refractivity contribution >= 4 is 37.8 Å². The number of carbonyl (C=O) groups is 2. The molecule has 0 radical (unpaired) electrons. The first-order valence-electron chi connectivity index (χ1n) is 9.77. The first kappa shape index (κ1) is 21.7.